The van der Waals surface area contributed by atoms with E-state index in [2.05, 4.69) is 51.2 Å². The van der Waals surface area contributed by atoms with Gasteiger partial charge in [0.15, 0.2) is 0 Å². The van der Waals surface area contributed by atoms with Crippen molar-refractivity contribution in [3.05, 3.63) is 117 Å². The van der Waals surface area contributed by atoms with Crippen molar-refractivity contribution < 1.29 is 25.9 Å². The summed E-state index contributed by atoms with van der Waals surface area (Å²) in [6.07, 6.45) is -0.218. The molecule has 6 rings (SSSR count). The molecule has 22 heteroatoms. The van der Waals surface area contributed by atoms with Crippen LogP contribution in [0.4, 0.5) is 46.5 Å². The maximum Gasteiger partial charge on any atom is 0.294 e. The number of nitrogens with zero attached hydrogens (tertiary/aromatic N) is 6. The molecule has 5 N–H and O–H groups in total. The number of anilines is 8. The van der Waals surface area contributed by atoms with Crippen molar-refractivity contribution in [3.63, 3.8) is 0 Å². The van der Waals surface area contributed by atoms with Crippen LogP contribution in [0.2, 0.25) is 20.6 Å². The second kappa shape index (κ2) is 16.2. The number of halogens is 4. The van der Waals surface area contributed by atoms with Crippen molar-refractivity contribution in [1.82, 2.24) is 29.9 Å². The van der Waals surface area contributed by atoms with Crippen LogP contribution in [0.1, 0.15) is 11.1 Å². The molecule has 0 amide bonds. The molecule has 0 unspecified atom stereocenters. The van der Waals surface area contributed by atoms with Crippen LogP contribution in [0.15, 0.2) is 94.7 Å². The van der Waals surface area contributed by atoms with Gasteiger partial charge in [-0.25, -0.2) is 8.42 Å². The summed E-state index contributed by atoms with van der Waals surface area (Å²) >= 11 is 24.6. The molecule has 6 aromatic rings. The third-order valence-corrected chi connectivity index (χ3v) is 10.2. The fourth-order valence-electron chi connectivity index (χ4n) is 4.97. The molecular weight excluding hydrogens is 826 g/mol. The Morgan fingerprint density at radius 3 is 1.33 bits per heavy atom. The number of rotatable bonds is 13. The third-order valence-electron chi connectivity index (χ3n) is 7.31. The van der Waals surface area contributed by atoms with E-state index in [-0.39, 0.29) is 69.7 Å². The zero-order valence-electron chi connectivity index (χ0n) is 27.0. The lowest BCUT2D eigenvalue weighted by Crippen LogP contribution is -2.09. The molecule has 0 aliphatic carbocycles. The number of benzene rings is 4. The fourth-order valence-corrected chi connectivity index (χ4v) is 7.19. The summed E-state index contributed by atoms with van der Waals surface area (Å²) in [5.41, 5.74) is 1.45. The maximum absolute atomic E-state index is 12.5. The Balaban J connectivity index is 1.21. The monoisotopic (exact) mass is 847 g/mol. The van der Waals surface area contributed by atoms with Crippen molar-refractivity contribution >= 4 is 113 Å². The van der Waals surface area contributed by atoms with Crippen LogP contribution in [-0.4, -0.2) is 55.8 Å². The highest BCUT2D eigenvalue weighted by atomic mass is 35.5. The van der Waals surface area contributed by atoms with Gasteiger partial charge in [-0.05, 0) is 95.7 Å². The lowest BCUT2D eigenvalue weighted by atomic mass is 10.0. The van der Waals surface area contributed by atoms with Crippen LogP contribution in [0, 0.1) is 0 Å². The van der Waals surface area contributed by atoms with Crippen molar-refractivity contribution in [3.8, 4) is 0 Å². The number of hydrogen-bond donors (Lipinski definition) is 5. The van der Waals surface area contributed by atoms with Gasteiger partial charge in [0, 0.05) is 11.4 Å². The van der Waals surface area contributed by atoms with Crippen LogP contribution in [0.5, 0.6) is 0 Å². The fraction of sp³-hybridized carbons (Fsp3) is 0.0625. The molecule has 0 atom stereocenters. The van der Waals surface area contributed by atoms with Gasteiger partial charge in [-0.15, -0.1) is 0 Å². The molecule has 0 aliphatic rings. The number of nitrogens with one attached hydrogen (secondary N) is 4. The van der Waals surface area contributed by atoms with Crippen molar-refractivity contribution in [2.24, 2.45) is 0 Å². The second-order valence-electron chi connectivity index (χ2n) is 11.0. The highest BCUT2D eigenvalue weighted by Gasteiger charge is 2.19. The summed E-state index contributed by atoms with van der Waals surface area (Å²) in [6, 6.07) is 21.6. The Kier molecular flexibility index (Phi) is 11.6. The van der Waals surface area contributed by atoms with Crippen molar-refractivity contribution in [2.75, 3.05) is 21.3 Å². The van der Waals surface area contributed by atoms with E-state index in [1.54, 1.807) is 48.5 Å². The molecule has 0 saturated heterocycles. The first kappa shape index (κ1) is 38.8. The average molecular weight is 850 g/mol. The van der Waals surface area contributed by atoms with Gasteiger partial charge < -0.3 is 25.8 Å². The lowest BCUT2D eigenvalue weighted by Gasteiger charge is -2.16. The number of para-hydroxylation sites is 2. The highest BCUT2D eigenvalue weighted by molar-refractivity contribution is 7.86. The first-order chi connectivity index (χ1) is 25.6. The van der Waals surface area contributed by atoms with Crippen LogP contribution >= 0.6 is 46.4 Å². The standard InChI is InChI=1S/C32H24Cl4N10O6S2/c33-21-5-1-3-7-23(21)39-31-43-27(35)41-29(45-31)37-19-13-11-17(25(15-19)53(47,48)49)9-10-18-12-14-20(16-26(18)54(50,51)52)38-30-42-28(36)44-32(46-30)40-24-8-4-2-6-22(24)34/h1-8,11-16H,9-10H2,(H,47,48,49)(H,50,51,52)(H2,37,39,41,43,45)(H2,38,40,42,44,46)/p-1. The molecule has 4 aromatic carbocycles. The summed E-state index contributed by atoms with van der Waals surface area (Å²) in [5, 5.41) is 11.9. The van der Waals surface area contributed by atoms with Gasteiger partial charge in [0.05, 0.1) is 31.2 Å². The van der Waals surface area contributed by atoms with Gasteiger partial charge in [0.2, 0.25) is 34.4 Å². The van der Waals surface area contributed by atoms with E-state index in [0.29, 0.717) is 21.4 Å². The Morgan fingerprint density at radius 2 is 0.926 bits per heavy atom. The average Bonchev–Trinajstić information content (AvgIpc) is 3.09. The molecule has 278 valence electrons. The van der Waals surface area contributed by atoms with Crippen LogP contribution < -0.4 is 21.3 Å². The van der Waals surface area contributed by atoms with Crippen molar-refractivity contribution in [1.29, 1.82) is 0 Å². The minimum atomic E-state index is -5.04. The number of hydrogen-bond acceptors (Lipinski definition) is 15. The van der Waals surface area contributed by atoms with Gasteiger partial charge in [-0.2, -0.15) is 38.3 Å². The minimum Gasteiger partial charge on any atom is -0.744 e. The van der Waals surface area contributed by atoms with E-state index < -0.39 is 30.0 Å². The number of aromatic nitrogens is 6. The normalized spacial score (nSPS) is 11.6. The van der Waals surface area contributed by atoms with E-state index in [1.807, 2.05) is 0 Å². The largest absolute Gasteiger partial charge is 0.744 e. The Hall–Kier alpha value is -4.92. The van der Waals surface area contributed by atoms with Gasteiger partial charge in [0.25, 0.3) is 10.1 Å². The van der Waals surface area contributed by atoms with E-state index >= 15 is 0 Å². The molecular formula is C32H23Cl4N10O6S2-. The van der Waals surface area contributed by atoms with E-state index in [4.69, 9.17) is 46.4 Å². The third kappa shape index (κ3) is 9.98. The predicted molar refractivity (Wildman–Crippen MR) is 204 cm³/mol. The summed E-state index contributed by atoms with van der Waals surface area (Å²) in [5.74, 6) is -0.0764. The molecule has 0 bridgehead atoms. The molecule has 0 aliphatic heterocycles. The Labute approximate surface area is 327 Å². The van der Waals surface area contributed by atoms with E-state index in [0.717, 1.165) is 12.1 Å². The summed E-state index contributed by atoms with van der Waals surface area (Å²) in [7, 11) is -9.84. The highest BCUT2D eigenvalue weighted by Crippen LogP contribution is 2.30. The molecule has 0 radical (unpaired) electrons. The van der Waals surface area contributed by atoms with E-state index in [9.17, 15) is 25.9 Å². The zero-order valence-corrected chi connectivity index (χ0v) is 31.7. The summed E-state index contributed by atoms with van der Waals surface area (Å²) < 4.78 is 72.2. The predicted octanol–water partition coefficient (Wildman–Crippen LogP) is 7.58. The van der Waals surface area contributed by atoms with Gasteiger partial charge in [0.1, 0.15) is 10.1 Å². The molecule has 0 saturated carbocycles. The molecule has 2 heterocycles. The SMILES string of the molecule is O=S(=O)([O-])c1cc(Nc2nc(Cl)nc(Nc3ccccc3Cl)n2)ccc1CCc1ccc(Nc2nc(Cl)nc(Nc3ccccc3Cl)n2)cc1S(=O)(=O)O. The van der Waals surface area contributed by atoms with Crippen LogP contribution in [0.25, 0.3) is 0 Å². The summed E-state index contributed by atoms with van der Waals surface area (Å²) in [6.45, 7) is 0. The topological polar surface area (TPSA) is 237 Å². The van der Waals surface area contributed by atoms with Crippen LogP contribution in [0.3, 0.4) is 0 Å². The first-order valence-corrected chi connectivity index (χ1v) is 19.6. The Morgan fingerprint density at radius 1 is 0.537 bits per heavy atom. The van der Waals surface area contributed by atoms with Crippen LogP contribution in [-0.2, 0) is 33.1 Å². The Bertz CT molecular complexity index is 2430. The quantitative estimate of drug-likeness (QED) is 0.0704. The molecule has 54 heavy (non-hydrogen) atoms. The first-order valence-electron chi connectivity index (χ1n) is 15.2. The van der Waals surface area contributed by atoms with Gasteiger partial charge in [-0.1, -0.05) is 59.6 Å². The maximum atomic E-state index is 12.5. The van der Waals surface area contributed by atoms with Gasteiger partial charge in [-0.3, -0.25) is 4.55 Å². The second-order valence-corrected chi connectivity index (χ2v) is 15.3. The van der Waals surface area contributed by atoms with E-state index in [1.165, 1.54) is 24.3 Å². The molecule has 0 fully saturated rings. The zero-order chi connectivity index (χ0) is 38.6. The van der Waals surface area contributed by atoms with Gasteiger partial charge >= 0.3 is 0 Å². The van der Waals surface area contributed by atoms with Crippen molar-refractivity contribution in [2.45, 2.75) is 22.6 Å². The number of aryl methyl sites for hydroxylation is 2. The summed E-state index contributed by atoms with van der Waals surface area (Å²) in [4.78, 5) is 23.4. The molecule has 16 nitrogen and oxygen atoms in total. The minimum absolute atomic E-state index is 0.0297. The molecule has 2 aromatic heterocycles. The molecule has 0 spiro atoms. The smallest absolute Gasteiger partial charge is 0.294 e. The lowest BCUT2D eigenvalue weighted by molar-refractivity contribution is 0.461.